The highest BCUT2D eigenvalue weighted by molar-refractivity contribution is 5.94. The van der Waals surface area contributed by atoms with Gasteiger partial charge in [0.1, 0.15) is 0 Å². The average Bonchev–Trinajstić information content (AvgIpc) is 2.98. The van der Waals surface area contributed by atoms with Gasteiger partial charge in [-0.2, -0.15) is 0 Å². The van der Waals surface area contributed by atoms with Crippen molar-refractivity contribution >= 4 is 11.8 Å². The molecule has 5 nitrogen and oxygen atoms in total. The SMILES string of the molecule is O=C(NC(CC(=O)N1CCCNCC1)c1ccccc1)c1ccccc1. The number of benzene rings is 2. The van der Waals surface area contributed by atoms with Crippen molar-refractivity contribution in [3.63, 3.8) is 0 Å². The van der Waals surface area contributed by atoms with E-state index in [-0.39, 0.29) is 24.3 Å². The van der Waals surface area contributed by atoms with E-state index in [2.05, 4.69) is 10.6 Å². The molecule has 26 heavy (non-hydrogen) atoms. The van der Waals surface area contributed by atoms with Crippen LogP contribution in [0.5, 0.6) is 0 Å². The van der Waals surface area contributed by atoms with Gasteiger partial charge in [0.25, 0.3) is 5.91 Å². The maximum absolute atomic E-state index is 12.8. The standard InChI is InChI=1S/C21H25N3O2/c25-20(24-14-7-12-22-13-15-24)16-19(17-8-3-1-4-9-17)23-21(26)18-10-5-2-6-11-18/h1-6,8-11,19,22H,7,12-16H2,(H,23,26). The fourth-order valence-electron chi connectivity index (χ4n) is 3.17. The van der Waals surface area contributed by atoms with Gasteiger partial charge < -0.3 is 15.5 Å². The number of nitrogens with zero attached hydrogens (tertiary/aromatic N) is 1. The second kappa shape index (κ2) is 9.15. The Morgan fingerprint density at radius 2 is 1.65 bits per heavy atom. The monoisotopic (exact) mass is 351 g/mol. The second-order valence-corrected chi connectivity index (χ2v) is 6.49. The third-order valence-corrected chi connectivity index (χ3v) is 4.61. The summed E-state index contributed by atoms with van der Waals surface area (Å²) in [6, 6.07) is 18.5. The Bertz CT molecular complexity index is 711. The van der Waals surface area contributed by atoms with Crippen LogP contribution in [0.15, 0.2) is 60.7 Å². The Morgan fingerprint density at radius 3 is 2.38 bits per heavy atom. The van der Waals surface area contributed by atoms with E-state index in [4.69, 9.17) is 0 Å². The molecular weight excluding hydrogens is 326 g/mol. The molecule has 2 amide bonds. The van der Waals surface area contributed by atoms with Gasteiger partial charge in [0, 0.05) is 25.2 Å². The Morgan fingerprint density at radius 1 is 0.962 bits per heavy atom. The Labute approximate surface area is 154 Å². The van der Waals surface area contributed by atoms with Gasteiger partial charge in [-0.1, -0.05) is 48.5 Å². The fourth-order valence-corrected chi connectivity index (χ4v) is 3.17. The molecule has 1 heterocycles. The molecule has 1 fully saturated rings. The molecule has 1 atom stereocenters. The minimum absolute atomic E-state index is 0.0796. The van der Waals surface area contributed by atoms with Crippen molar-refractivity contribution in [1.82, 2.24) is 15.5 Å². The summed E-state index contributed by atoms with van der Waals surface area (Å²) in [4.78, 5) is 27.3. The molecule has 5 heteroatoms. The first-order valence-corrected chi connectivity index (χ1v) is 9.13. The highest BCUT2D eigenvalue weighted by atomic mass is 16.2. The molecule has 0 aliphatic carbocycles. The molecule has 2 aromatic rings. The minimum atomic E-state index is -0.340. The largest absolute Gasteiger partial charge is 0.345 e. The number of carbonyl (C=O) groups is 2. The van der Waals surface area contributed by atoms with E-state index in [1.165, 1.54) is 0 Å². The molecule has 1 aliphatic rings. The van der Waals surface area contributed by atoms with E-state index < -0.39 is 0 Å². The van der Waals surface area contributed by atoms with Crippen LogP contribution in [0.4, 0.5) is 0 Å². The van der Waals surface area contributed by atoms with Crippen LogP contribution in [-0.4, -0.2) is 42.9 Å². The number of carbonyl (C=O) groups excluding carboxylic acids is 2. The van der Waals surface area contributed by atoms with Gasteiger partial charge in [0.15, 0.2) is 0 Å². The number of nitrogens with one attached hydrogen (secondary N) is 2. The van der Waals surface area contributed by atoms with Gasteiger partial charge in [0.2, 0.25) is 5.91 Å². The first-order chi connectivity index (χ1) is 12.7. The third kappa shape index (κ3) is 4.92. The van der Waals surface area contributed by atoms with Crippen LogP contribution in [0.2, 0.25) is 0 Å². The summed E-state index contributed by atoms with van der Waals surface area (Å²) in [6.07, 6.45) is 1.22. The van der Waals surface area contributed by atoms with Crippen molar-refractivity contribution in [2.24, 2.45) is 0 Å². The van der Waals surface area contributed by atoms with E-state index in [1.807, 2.05) is 53.4 Å². The molecule has 1 aliphatic heterocycles. The lowest BCUT2D eigenvalue weighted by Crippen LogP contribution is -2.38. The first-order valence-electron chi connectivity index (χ1n) is 9.13. The molecule has 2 N–H and O–H groups in total. The van der Waals surface area contributed by atoms with Crippen molar-refractivity contribution in [2.45, 2.75) is 18.9 Å². The lowest BCUT2D eigenvalue weighted by atomic mass is 10.0. The van der Waals surface area contributed by atoms with Gasteiger partial charge in [0.05, 0.1) is 12.5 Å². The van der Waals surface area contributed by atoms with E-state index >= 15 is 0 Å². The maximum Gasteiger partial charge on any atom is 0.251 e. The molecule has 136 valence electrons. The van der Waals surface area contributed by atoms with E-state index in [0.29, 0.717) is 12.1 Å². The van der Waals surface area contributed by atoms with Crippen molar-refractivity contribution in [2.75, 3.05) is 26.2 Å². The summed E-state index contributed by atoms with van der Waals surface area (Å²) in [5.41, 5.74) is 1.54. The molecule has 0 bridgehead atoms. The summed E-state index contributed by atoms with van der Waals surface area (Å²) >= 11 is 0. The summed E-state index contributed by atoms with van der Waals surface area (Å²) < 4.78 is 0. The minimum Gasteiger partial charge on any atom is -0.345 e. The van der Waals surface area contributed by atoms with Crippen molar-refractivity contribution < 1.29 is 9.59 Å². The number of amides is 2. The quantitative estimate of drug-likeness (QED) is 0.869. The third-order valence-electron chi connectivity index (χ3n) is 4.61. The van der Waals surface area contributed by atoms with Crippen LogP contribution in [0.25, 0.3) is 0 Å². The van der Waals surface area contributed by atoms with Crippen molar-refractivity contribution in [1.29, 1.82) is 0 Å². The average molecular weight is 351 g/mol. The van der Waals surface area contributed by atoms with Crippen molar-refractivity contribution in [3.8, 4) is 0 Å². The topological polar surface area (TPSA) is 61.4 Å². The van der Waals surface area contributed by atoms with Crippen LogP contribution in [0.3, 0.4) is 0 Å². The predicted molar refractivity (Wildman–Crippen MR) is 102 cm³/mol. The number of rotatable bonds is 5. The summed E-state index contributed by atoms with van der Waals surface area (Å²) in [7, 11) is 0. The van der Waals surface area contributed by atoms with E-state index in [0.717, 1.165) is 31.6 Å². The first kappa shape index (κ1) is 18.1. The summed E-state index contributed by atoms with van der Waals surface area (Å²) in [5, 5.41) is 6.34. The Kier molecular flexibility index (Phi) is 6.39. The molecule has 0 radical (unpaired) electrons. The maximum atomic E-state index is 12.8. The highest BCUT2D eigenvalue weighted by Gasteiger charge is 2.23. The molecule has 1 saturated heterocycles. The molecular formula is C21H25N3O2. The molecule has 3 rings (SSSR count). The number of hydrogen-bond acceptors (Lipinski definition) is 3. The smallest absolute Gasteiger partial charge is 0.251 e. The molecule has 0 aromatic heterocycles. The van der Waals surface area contributed by atoms with Crippen LogP contribution in [0, 0.1) is 0 Å². The van der Waals surface area contributed by atoms with Gasteiger partial charge >= 0.3 is 0 Å². The highest BCUT2D eigenvalue weighted by Crippen LogP contribution is 2.19. The van der Waals surface area contributed by atoms with E-state index in [9.17, 15) is 9.59 Å². The van der Waals surface area contributed by atoms with Crippen LogP contribution in [0.1, 0.15) is 34.8 Å². The van der Waals surface area contributed by atoms with Crippen LogP contribution in [-0.2, 0) is 4.79 Å². The molecule has 0 saturated carbocycles. The predicted octanol–water partition coefficient (Wildman–Crippen LogP) is 2.37. The Balaban J connectivity index is 1.73. The normalized spacial score (nSPS) is 15.8. The van der Waals surface area contributed by atoms with Gasteiger partial charge in [-0.25, -0.2) is 0 Å². The number of hydrogen-bond donors (Lipinski definition) is 2. The fraction of sp³-hybridized carbons (Fsp3) is 0.333. The zero-order valence-corrected chi connectivity index (χ0v) is 14.9. The summed E-state index contributed by atoms with van der Waals surface area (Å²) in [5.74, 6) is -0.0827. The lowest BCUT2D eigenvalue weighted by Gasteiger charge is -2.24. The lowest BCUT2D eigenvalue weighted by molar-refractivity contribution is -0.131. The molecule has 0 spiro atoms. The van der Waals surface area contributed by atoms with Gasteiger partial charge in [-0.3, -0.25) is 9.59 Å². The van der Waals surface area contributed by atoms with Gasteiger partial charge in [-0.05, 0) is 30.7 Å². The van der Waals surface area contributed by atoms with Crippen molar-refractivity contribution in [3.05, 3.63) is 71.8 Å². The van der Waals surface area contributed by atoms with E-state index in [1.54, 1.807) is 12.1 Å². The Hall–Kier alpha value is -2.66. The molecule has 1 unspecified atom stereocenters. The zero-order chi connectivity index (χ0) is 18.2. The second-order valence-electron chi connectivity index (χ2n) is 6.49. The zero-order valence-electron chi connectivity index (χ0n) is 14.9. The van der Waals surface area contributed by atoms with Gasteiger partial charge in [-0.15, -0.1) is 0 Å². The summed E-state index contributed by atoms with van der Waals surface area (Å²) in [6.45, 7) is 3.24. The molecule has 2 aromatic carbocycles. The van der Waals surface area contributed by atoms with Crippen LogP contribution >= 0.6 is 0 Å². The van der Waals surface area contributed by atoms with Crippen LogP contribution < -0.4 is 10.6 Å².